The average Bonchev–Trinajstić information content (AvgIpc) is 2.85. The first-order chi connectivity index (χ1) is 9.86. The van der Waals surface area contributed by atoms with Crippen LogP contribution in [0.25, 0.3) is 0 Å². The Morgan fingerprint density at radius 2 is 2.10 bits per heavy atom. The molecule has 5 heteroatoms. The predicted octanol–water partition coefficient (Wildman–Crippen LogP) is 3.92. The molecule has 0 aliphatic carbocycles. The number of carbonyl (C=O) groups is 1. The minimum atomic E-state index is 0.0207. The van der Waals surface area contributed by atoms with E-state index in [9.17, 15) is 4.79 Å². The molecule has 1 amide bonds. The zero-order valence-electron chi connectivity index (χ0n) is 13.7. The summed E-state index contributed by atoms with van der Waals surface area (Å²) in [6.07, 6.45) is 4.76. The van der Waals surface area contributed by atoms with Gasteiger partial charge in [0.25, 0.3) is 0 Å². The molecule has 0 aliphatic heterocycles. The van der Waals surface area contributed by atoms with Crippen molar-refractivity contribution < 1.29 is 4.79 Å². The molecule has 1 unspecified atom stereocenters. The van der Waals surface area contributed by atoms with Gasteiger partial charge in [-0.3, -0.25) is 4.79 Å². The Bertz CT molecular complexity index is 431. The van der Waals surface area contributed by atoms with Gasteiger partial charge in [0.1, 0.15) is 0 Å². The standard InChI is InChI=1S/C16H29N3OS/c1-5-6-12(9-10-17)7-8-14(20)19-15-18-13(11-21-15)16(2,3)4/h11-12H,5-10,17H2,1-4H3,(H,18,19,20). The summed E-state index contributed by atoms with van der Waals surface area (Å²) in [5, 5.41) is 5.63. The third-order valence-electron chi connectivity index (χ3n) is 3.57. The smallest absolute Gasteiger partial charge is 0.226 e. The topological polar surface area (TPSA) is 68.0 Å². The molecule has 0 saturated heterocycles. The third-order valence-corrected chi connectivity index (χ3v) is 4.33. The van der Waals surface area contributed by atoms with Gasteiger partial charge in [0.15, 0.2) is 5.13 Å². The van der Waals surface area contributed by atoms with E-state index in [-0.39, 0.29) is 11.3 Å². The van der Waals surface area contributed by atoms with E-state index < -0.39 is 0 Å². The van der Waals surface area contributed by atoms with E-state index in [2.05, 4.69) is 38.0 Å². The van der Waals surface area contributed by atoms with Crippen LogP contribution in [0.1, 0.15) is 65.5 Å². The van der Waals surface area contributed by atoms with Crippen LogP contribution in [0.2, 0.25) is 0 Å². The molecule has 0 saturated carbocycles. The molecule has 0 spiro atoms. The van der Waals surface area contributed by atoms with Gasteiger partial charge in [0.05, 0.1) is 5.69 Å². The normalized spacial score (nSPS) is 13.2. The van der Waals surface area contributed by atoms with Gasteiger partial charge in [-0.25, -0.2) is 4.98 Å². The maximum atomic E-state index is 12.0. The predicted molar refractivity (Wildman–Crippen MR) is 90.7 cm³/mol. The fourth-order valence-corrected chi connectivity index (χ4v) is 3.22. The lowest BCUT2D eigenvalue weighted by Crippen LogP contribution is -2.16. The van der Waals surface area contributed by atoms with Crippen molar-refractivity contribution in [1.29, 1.82) is 0 Å². The fourth-order valence-electron chi connectivity index (χ4n) is 2.27. The molecule has 0 bridgehead atoms. The molecule has 4 nitrogen and oxygen atoms in total. The van der Waals surface area contributed by atoms with E-state index in [0.717, 1.165) is 31.4 Å². The highest BCUT2D eigenvalue weighted by Crippen LogP contribution is 2.26. The van der Waals surface area contributed by atoms with Crippen LogP contribution in [0.15, 0.2) is 5.38 Å². The van der Waals surface area contributed by atoms with Gasteiger partial charge in [0.2, 0.25) is 5.91 Å². The Hall–Kier alpha value is -0.940. The van der Waals surface area contributed by atoms with Crippen LogP contribution in [-0.2, 0) is 10.2 Å². The maximum Gasteiger partial charge on any atom is 0.226 e. The molecule has 0 fully saturated rings. The van der Waals surface area contributed by atoms with Crippen molar-refractivity contribution in [2.75, 3.05) is 11.9 Å². The van der Waals surface area contributed by atoms with Crippen molar-refractivity contribution in [1.82, 2.24) is 4.98 Å². The van der Waals surface area contributed by atoms with Crippen LogP contribution in [0, 0.1) is 5.92 Å². The minimum Gasteiger partial charge on any atom is -0.330 e. The van der Waals surface area contributed by atoms with Crippen LogP contribution in [-0.4, -0.2) is 17.4 Å². The second-order valence-electron chi connectivity index (χ2n) is 6.61. The number of carbonyl (C=O) groups excluding carboxylic acids is 1. The number of anilines is 1. The molecule has 0 aliphatic rings. The highest BCUT2D eigenvalue weighted by atomic mass is 32.1. The van der Waals surface area contributed by atoms with Crippen LogP contribution in [0.3, 0.4) is 0 Å². The van der Waals surface area contributed by atoms with Crippen molar-refractivity contribution in [3.05, 3.63) is 11.1 Å². The monoisotopic (exact) mass is 311 g/mol. The molecule has 0 aromatic carbocycles. The number of thiazole rings is 1. The lowest BCUT2D eigenvalue weighted by molar-refractivity contribution is -0.116. The van der Waals surface area contributed by atoms with E-state index >= 15 is 0 Å². The number of rotatable bonds is 8. The molecule has 120 valence electrons. The number of aromatic nitrogens is 1. The highest BCUT2D eigenvalue weighted by molar-refractivity contribution is 7.13. The summed E-state index contributed by atoms with van der Waals surface area (Å²) < 4.78 is 0. The Kier molecular flexibility index (Phi) is 7.32. The van der Waals surface area contributed by atoms with Gasteiger partial charge in [0, 0.05) is 17.2 Å². The second kappa shape index (κ2) is 8.49. The molecule has 0 radical (unpaired) electrons. The summed E-state index contributed by atoms with van der Waals surface area (Å²) in [5.74, 6) is 0.620. The Labute approximate surface area is 132 Å². The highest BCUT2D eigenvalue weighted by Gasteiger charge is 2.18. The number of hydrogen-bond donors (Lipinski definition) is 2. The zero-order chi connectivity index (χ0) is 15.9. The Balaban J connectivity index is 2.44. The van der Waals surface area contributed by atoms with Gasteiger partial charge in [-0.15, -0.1) is 11.3 Å². The van der Waals surface area contributed by atoms with E-state index in [1.807, 2.05) is 5.38 Å². The summed E-state index contributed by atoms with van der Waals surface area (Å²) in [6.45, 7) is 9.24. The van der Waals surface area contributed by atoms with Gasteiger partial charge in [-0.1, -0.05) is 40.5 Å². The number of nitrogens with two attached hydrogens (primary N) is 1. The molecule has 1 atom stereocenters. The second-order valence-corrected chi connectivity index (χ2v) is 7.46. The first-order valence-corrected chi connectivity index (χ1v) is 8.70. The van der Waals surface area contributed by atoms with Gasteiger partial charge in [-0.2, -0.15) is 0 Å². The number of amides is 1. The number of nitrogens with zero attached hydrogens (tertiary/aromatic N) is 1. The SMILES string of the molecule is CCCC(CCN)CCC(=O)Nc1nc(C(C)(C)C)cs1. The van der Waals surface area contributed by atoms with Gasteiger partial charge >= 0.3 is 0 Å². The summed E-state index contributed by atoms with van der Waals surface area (Å²) >= 11 is 1.50. The Morgan fingerprint density at radius 1 is 1.38 bits per heavy atom. The zero-order valence-corrected chi connectivity index (χ0v) is 14.6. The molecule has 21 heavy (non-hydrogen) atoms. The third kappa shape index (κ3) is 6.57. The fraction of sp³-hybridized carbons (Fsp3) is 0.750. The van der Waals surface area contributed by atoms with Crippen molar-refractivity contribution in [2.45, 2.75) is 65.2 Å². The maximum absolute atomic E-state index is 12.0. The van der Waals surface area contributed by atoms with Crippen molar-refractivity contribution in [2.24, 2.45) is 11.7 Å². The van der Waals surface area contributed by atoms with Crippen LogP contribution >= 0.6 is 11.3 Å². The van der Waals surface area contributed by atoms with Gasteiger partial charge in [-0.05, 0) is 25.3 Å². The van der Waals surface area contributed by atoms with Crippen LogP contribution in [0.5, 0.6) is 0 Å². The summed E-state index contributed by atoms with van der Waals surface area (Å²) in [6, 6.07) is 0. The summed E-state index contributed by atoms with van der Waals surface area (Å²) in [5.41, 5.74) is 6.67. The van der Waals surface area contributed by atoms with Gasteiger partial charge < -0.3 is 11.1 Å². The lowest BCUT2D eigenvalue weighted by atomic mass is 9.93. The average molecular weight is 311 g/mol. The van der Waals surface area contributed by atoms with E-state index in [0.29, 0.717) is 24.0 Å². The van der Waals surface area contributed by atoms with Crippen molar-refractivity contribution in [3.8, 4) is 0 Å². The van der Waals surface area contributed by atoms with E-state index in [4.69, 9.17) is 5.73 Å². The molecule has 1 aromatic heterocycles. The summed E-state index contributed by atoms with van der Waals surface area (Å²) in [7, 11) is 0. The molecule has 1 aromatic rings. The molecular formula is C16H29N3OS. The number of hydrogen-bond acceptors (Lipinski definition) is 4. The van der Waals surface area contributed by atoms with E-state index in [1.165, 1.54) is 11.3 Å². The van der Waals surface area contributed by atoms with E-state index in [1.54, 1.807) is 0 Å². The molecular weight excluding hydrogens is 282 g/mol. The largest absolute Gasteiger partial charge is 0.330 e. The molecule has 1 heterocycles. The van der Waals surface area contributed by atoms with Crippen molar-refractivity contribution in [3.63, 3.8) is 0 Å². The lowest BCUT2D eigenvalue weighted by Gasteiger charge is -2.15. The first-order valence-electron chi connectivity index (χ1n) is 7.82. The van der Waals surface area contributed by atoms with Crippen molar-refractivity contribution >= 4 is 22.4 Å². The van der Waals surface area contributed by atoms with Crippen LogP contribution in [0.4, 0.5) is 5.13 Å². The van der Waals surface area contributed by atoms with Crippen LogP contribution < -0.4 is 11.1 Å². The first kappa shape index (κ1) is 18.1. The summed E-state index contributed by atoms with van der Waals surface area (Å²) in [4.78, 5) is 16.5. The molecule has 1 rings (SSSR count). The minimum absolute atomic E-state index is 0.0207. The number of nitrogens with one attached hydrogen (secondary N) is 1. The Morgan fingerprint density at radius 3 is 2.62 bits per heavy atom. The quantitative estimate of drug-likeness (QED) is 0.764. The molecule has 3 N–H and O–H groups in total.